The SMILES string of the molecule is CC[C@H]1OC(=O)[C@H](C)C(=O)[C@H](C)[C@@H](O[C@@H]2O[C@H](C)C[C@H](N(C)CCc3cn([C@H](CF)Cc4ccc(S(C)(=O)=O)cc4)nn3)[C@H]2O)[C@@]2(C)C[C@@H](C)C(=NC(C)=O)[C@H](C)[C@@H](OC/C(=N\OCc3ccc(-n4cccn4)cn3)CO2)[C@]1(C)O. The summed E-state index contributed by atoms with van der Waals surface area (Å²) in [4.78, 5) is 59.2. The average Bonchev–Trinajstić information content (AvgIpc) is 4.24. The van der Waals surface area contributed by atoms with E-state index in [2.05, 4.69) is 30.5 Å². The van der Waals surface area contributed by atoms with Crippen LogP contribution in [0.3, 0.4) is 0 Å². The standard InChI is InChI=1S/C56H78FN9O13S/c1-12-47-56(9,71)52-35(4)48(60-38(7)67)33(2)26-55(8,75-31-42(30-74-52)62-76-32-41-16-17-43(28-58-41)65-22-13-21-59-65)51(36(5)49(68)37(6)53(70)78-47)79-54-50(69)46(24-34(3)77-54)64(10)23-20-40-29-66(63-61-40)44(27-57)25-39-14-18-45(19-15-39)80(11,72)73/h13-19,21-22,28-29,33-37,44,46-47,50-52,54,69,71H,12,20,23-27,30-32H2,1-11H3/b60-48?,62-42+/t33-,34-,35+,36+,37-,44+,46+,47-,50-,51-,52-,54+,55-,56-/m1/s1. The van der Waals surface area contributed by atoms with Gasteiger partial charge in [-0.1, -0.05) is 50.2 Å². The fourth-order valence-electron chi connectivity index (χ4n) is 11.2. The van der Waals surface area contributed by atoms with Crippen LogP contribution in [0.2, 0.25) is 0 Å². The number of aliphatic imine (C=N–C) groups is 1. The molecule has 3 fully saturated rings. The quantitative estimate of drug-likeness (QED) is 0.0843. The fourth-order valence-corrected chi connectivity index (χ4v) is 11.8. The first kappa shape index (κ1) is 61.9. The van der Waals surface area contributed by atoms with E-state index in [-0.39, 0.29) is 49.7 Å². The van der Waals surface area contributed by atoms with Crippen LogP contribution < -0.4 is 0 Å². The van der Waals surface area contributed by atoms with Crippen molar-refractivity contribution in [1.29, 1.82) is 0 Å². The van der Waals surface area contributed by atoms with Crippen LogP contribution in [0.5, 0.6) is 0 Å². The second-order valence-electron chi connectivity index (χ2n) is 22.2. The molecule has 2 N–H and O–H groups in total. The Kier molecular flexibility index (Phi) is 20.5. The molecule has 7 rings (SSSR count). The van der Waals surface area contributed by atoms with Crippen molar-refractivity contribution in [2.24, 2.45) is 33.8 Å². The van der Waals surface area contributed by atoms with Gasteiger partial charge in [0.2, 0.25) is 5.91 Å². The molecule has 1 aromatic carbocycles. The first-order valence-corrected chi connectivity index (χ1v) is 29.1. The minimum atomic E-state index is -3.39. The smallest absolute Gasteiger partial charge is 0.316 e. The Labute approximate surface area is 467 Å². The Hall–Kier alpha value is -5.73. The predicted molar refractivity (Wildman–Crippen MR) is 291 cm³/mol. The number of rotatable bonds is 16. The van der Waals surface area contributed by atoms with E-state index >= 15 is 0 Å². The first-order chi connectivity index (χ1) is 37.8. The highest BCUT2D eigenvalue weighted by Crippen LogP contribution is 2.40. The van der Waals surface area contributed by atoms with Crippen LogP contribution in [0.4, 0.5) is 4.39 Å². The molecule has 0 spiro atoms. The Morgan fingerprint density at radius 2 is 1.79 bits per heavy atom. The second-order valence-corrected chi connectivity index (χ2v) is 24.2. The van der Waals surface area contributed by atoms with Gasteiger partial charge >= 0.3 is 5.97 Å². The zero-order valence-corrected chi connectivity index (χ0v) is 48.4. The van der Waals surface area contributed by atoms with E-state index in [0.29, 0.717) is 36.5 Å². The number of Topliss-reactive ketones (excluding diaryl/α,β-unsaturated/α-hetero) is 1. The zero-order chi connectivity index (χ0) is 58.3. The average molecular weight is 1140 g/mol. The summed E-state index contributed by atoms with van der Waals surface area (Å²) < 4.78 is 74.6. The van der Waals surface area contributed by atoms with E-state index in [1.54, 1.807) is 81.4 Å². The fraction of sp³-hybridized carbons (Fsp3) is 0.625. The van der Waals surface area contributed by atoms with Gasteiger partial charge in [0.15, 0.2) is 28.5 Å². The number of oxime groups is 1. The number of esters is 1. The van der Waals surface area contributed by atoms with Gasteiger partial charge in [-0.15, -0.1) is 5.10 Å². The lowest BCUT2D eigenvalue weighted by molar-refractivity contribution is -0.296. The van der Waals surface area contributed by atoms with Crippen molar-refractivity contribution in [2.45, 2.75) is 166 Å². The van der Waals surface area contributed by atoms with Crippen LogP contribution in [0.15, 0.2) is 82.3 Å². The van der Waals surface area contributed by atoms with E-state index in [4.69, 9.17) is 28.5 Å². The van der Waals surface area contributed by atoms with Crippen molar-refractivity contribution < 1.29 is 65.9 Å². The number of aliphatic hydroxyl groups is 2. The normalized spacial score (nSPS) is 31.8. The molecule has 3 aliphatic heterocycles. The second kappa shape index (κ2) is 26.5. The maximum Gasteiger partial charge on any atom is 0.316 e. The number of hydrogen-bond acceptors (Lipinski definition) is 19. The number of nitrogens with zero attached hydrogens (tertiary/aromatic N) is 9. The molecule has 0 aliphatic carbocycles. The number of cyclic esters (lactones) is 1. The van der Waals surface area contributed by atoms with E-state index in [1.165, 1.54) is 37.6 Å². The Bertz CT molecular complexity index is 2910. The number of alkyl halides is 1. The number of ether oxygens (including phenoxy) is 5. The Morgan fingerprint density at radius 3 is 2.42 bits per heavy atom. The molecule has 6 heterocycles. The van der Waals surface area contributed by atoms with Gasteiger partial charge in [-0.2, -0.15) is 5.10 Å². The predicted octanol–water partition coefficient (Wildman–Crippen LogP) is 5.06. The summed E-state index contributed by atoms with van der Waals surface area (Å²) in [6, 6.07) is 10.5. The lowest BCUT2D eigenvalue weighted by Crippen LogP contribution is -2.60. The molecule has 0 unspecified atom stereocenters. The molecule has 1 amide bonds. The number of halogens is 1. The number of carbonyl (C=O) groups excluding carboxylic acids is 3. The molecule has 4 aromatic rings. The van der Waals surface area contributed by atoms with Crippen molar-refractivity contribution in [3.63, 3.8) is 0 Å². The van der Waals surface area contributed by atoms with Crippen molar-refractivity contribution in [2.75, 3.05) is 39.7 Å². The number of benzene rings is 1. The number of fused-ring (bicyclic) bond motifs is 5. The number of aliphatic hydroxyl groups excluding tert-OH is 1. The number of carbonyl (C=O) groups is 3. The van der Waals surface area contributed by atoms with Gasteiger partial charge in [0.25, 0.3) is 0 Å². The van der Waals surface area contributed by atoms with Crippen molar-refractivity contribution in [1.82, 2.24) is 34.7 Å². The molecule has 24 heteroatoms. The molecule has 0 radical (unpaired) electrons. The molecule has 22 nitrogen and oxygen atoms in total. The number of hydrogen-bond donors (Lipinski definition) is 2. The number of amides is 1. The van der Waals surface area contributed by atoms with Gasteiger partial charge in [-0.25, -0.2) is 27.2 Å². The monoisotopic (exact) mass is 1140 g/mol. The van der Waals surface area contributed by atoms with E-state index in [0.717, 1.165) is 17.5 Å². The topological polar surface area (TPSA) is 271 Å². The van der Waals surface area contributed by atoms with Gasteiger partial charge in [-0.05, 0) is 102 Å². The van der Waals surface area contributed by atoms with Gasteiger partial charge < -0.3 is 43.6 Å². The zero-order valence-electron chi connectivity index (χ0n) is 47.5. The molecule has 3 saturated heterocycles. The van der Waals surface area contributed by atoms with Crippen LogP contribution in [0.25, 0.3) is 5.69 Å². The van der Waals surface area contributed by atoms with Crippen molar-refractivity contribution in [3.05, 3.63) is 84.2 Å². The van der Waals surface area contributed by atoms with Gasteiger partial charge in [0.1, 0.15) is 36.1 Å². The van der Waals surface area contributed by atoms with Crippen LogP contribution in [0, 0.1) is 23.7 Å². The summed E-state index contributed by atoms with van der Waals surface area (Å²) in [6.45, 7) is 13.9. The maximum atomic E-state index is 14.9. The highest BCUT2D eigenvalue weighted by molar-refractivity contribution is 7.90. The first-order valence-electron chi connectivity index (χ1n) is 27.2. The summed E-state index contributed by atoms with van der Waals surface area (Å²) in [7, 11) is -1.55. The summed E-state index contributed by atoms with van der Waals surface area (Å²) in [5.41, 5.74) is -0.247. The van der Waals surface area contributed by atoms with Gasteiger partial charge in [0.05, 0.1) is 71.3 Å². The van der Waals surface area contributed by atoms with Crippen molar-refractivity contribution >= 4 is 38.9 Å². The molecule has 3 aliphatic rings. The molecular weight excluding hydrogens is 1060 g/mol. The van der Waals surface area contributed by atoms with Crippen LogP contribution in [0.1, 0.15) is 105 Å². The lowest BCUT2D eigenvalue weighted by Gasteiger charge is -2.48. The third-order valence-electron chi connectivity index (χ3n) is 15.7. The highest BCUT2D eigenvalue weighted by Gasteiger charge is 2.53. The summed E-state index contributed by atoms with van der Waals surface area (Å²) in [6.07, 6.45) is 2.34. The Morgan fingerprint density at radius 1 is 1.05 bits per heavy atom. The van der Waals surface area contributed by atoms with E-state index in [9.17, 15) is 37.4 Å². The third kappa shape index (κ3) is 14.8. The number of pyridine rings is 1. The summed E-state index contributed by atoms with van der Waals surface area (Å²) in [5, 5.41) is 42.2. The molecule has 3 aromatic heterocycles. The number of ketones is 1. The number of likely N-dealkylation sites (N-methyl/N-ethyl adjacent to an activating group) is 1. The van der Waals surface area contributed by atoms with Crippen molar-refractivity contribution in [3.8, 4) is 5.69 Å². The Balaban J connectivity index is 1.19. The highest BCUT2D eigenvalue weighted by atomic mass is 32.2. The number of aromatic nitrogens is 6. The molecule has 0 saturated carbocycles. The van der Waals surface area contributed by atoms with Crippen LogP contribution in [-0.4, -0.2) is 176 Å². The minimum Gasteiger partial charge on any atom is -0.459 e. The maximum absolute atomic E-state index is 14.9. The van der Waals surface area contributed by atoms with Gasteiger partial charge in [0, 0.05) is 68.3 Å². The molecule has 438 valence electrons. The molecule has 80 heavy (non-hydrogen) atoms. The van der Waals surface area contributed by atoms with E-state index < -0.39 is 118 Å². The molecule has 14 atom stereocenters. The molecule has 2 bridgehead atoms. The van der Waals surface area contributed by atoms with Crippen LogP contribution in [-0.2, 0) is 72.2 Å². The van der Waals surface area contributed by atoms with Gasteiger partial charge in [-0.3, -0.25) is 19.4 Å². The largest absolute Gasteiger partial charge is 0.459 e. The summed E-state index contributed by atoms with van der Waals surface area (Å²) >= 11 is 0. The van der Waals surface area contributed by atoms with E-state index in [1.807, 2.05) is 31.9 Å². The summed E-state index contributed by atoms with van der Waals surface area (Å²) in [5.74, 6) is -5.84. The lowest BCUT2D eigenvalue weighted by atomic mass is 9.73. The third-order valence-corrected chi connectivity index (χ3v) is 16.8. The minimum absolute atomic E-state index is 0.0508. The van der Waals surface area contributed by atoms with Crippen LogP contribution >= 0.6 is 0 Å². The molecular formula is C56H78FN9O13S. The number of sulfone groups is 1.